The zero-order valence-corrected chi connectivity index (χ0v) is 11.7. The van der Waals surface area contributed by atoms with Gasteiger partial charge in [0.1, 0.15) is 0 Å². The van der Waals surface area contributed by atoms with Crippen LogP contribution < -0.4 is 5.01 Å². The van der Waals surface area contributed by atoms with Gasteiger partial charge in [0.05, 0.1) is 17.8 Å². The zero-order chi connectivity index (χ0) is 13.2. The lowest BCUT2D eigenvalue weighted by atomic mass is 10.1. The number of nitrogens with zero attached hydrogens (tertiary/aromatic N) is 2. The highest BCUT2D eigenvalue weighted by atomic mass is 79.9. The molecule has 0 atom stereocenters. The second kappa shape index (κ2) is 4.97. The number of halogens is 1. The van der Waals surface area contributed by atoms with Crippen molar-refractivity contribution in [2.24, 2.45) is 5.10 Å². The van der Waals surface area contributed by atoms with Gasteiger partial charge in [-0.1, -0.05) is 46.3 Å². The van der Waals surface area contributed by atoms with Gasteiger partial charge in [0.2, 0.25) is 0 Å². The van der Waals surface area contributed by atoms with E-state index in [-0.39, 0.29) is 5.91 Å². The van der Waals surface area contributed by atoms with Crippen molar-refractivity contribution in [1.29, 1.82) is 0 Å². The number of benzene rings is 2. The maximum atomic E-state index is 12.0. The van der Waals surface area contributed by atoms with Gasteiger partial charge in [0.15, 0.2) is 0 Å². The van der Waals surface area contributed by atoms with Crippen molar-refractivity contribution in [3.63, 3.8) is 0 Å². The van der Waals surface area contributed by atoms with Crippen LogP contribution in [0.1, 0.15) is 12.0 Å². The van der Waals surface area contributed by atoms with E-state index in [0.717, 1.165) is 21.4 Å². The van der Waals surface area contributed by atoms with E-state index in [1.807, 2.05) is 54.6 Å². The topological polar surface area (TPSA) is 32.7 Å². The van der Waals surface area contributed by atoms with Crippen molar-refractivity contribution in [2.75, 3.05) is 5.01 Å². The number of carbonyl (C=O) groups is 1. The summed E-state index contributed by atoms with van der Waals surface area (Å²) in [4.78, 5) is 12.0. The van der Waals surface area contributed by atoms with Gasteiger partial charge in [-0.15, -0.1) is 0 Å². The number of amides is 1. The molecule has 0 N–H and O–H groups in total. The number of anilines is 1. The fraction of sp³-hybridized carbons (Fsp3) is 0.0667. The average Bonchev–Trinajstić information content (AvgIpc) is 2.83. The van der Waals surface area contributed by atoms with Gasteiger partial charge in [-0.3, -0.25) is 4.79 Å². The van der Waals surface area contributed by atoms with Gasteiger partial charge in [-0.2, -0.15) is 5.10 Å². The summed E-state index contributed by atoms with van der Waals surface area (Å²) in [6, 6.07) is 17.3. The predicted octanol–water partition coefficient (Wildman–Crippen LogP) is 3.59. The third-order valence-electron chi connectivity index (χ3n) is 2.95. The Bertz CT molecular complexity index is 635. The molecular formula is C15H11BrN2O. The summed E-state index contributed by atoms with van der Waals surface area (Å²) in [6.45, 7) is 0. The van der Waals surface area contributed by atoms with Crippen LogP contribution in [0, 0.1) is 0 Å². The first-order chi connectivity index (χ1) is 9.24. The first-order valence-corrected chi connectivity index (χ1v) is 6.75. The quantitative estimate of drug-likeness (QED) is 0.833. The lowest BCUT2D eigenvalue weighted by Gasteiger charge is -2.10. The van der Waals surface area contributed by atoms with E-state index >= 15 is 0 Å². The number of rotatable bonds is 2. The van der Waals surface area contributed by atoms with Crippen LogP contribution in [-0.2, 0) is 4.79 Å². The molecule has 2 aromatic rings. The highest BCUT2D eigenvalue weighted by Crippen LogP contribution is 2.23. The molecule has 0 radical (unpaired) electrons. The van der Waals surface area contributed by atoms with Crippen LogP contribution in [-0.4, -0.2) is 11.6 Å². The second-order valence-electron chi connectivity index (χ2n) is 4.27. The Hall–Kier alpha value is -1.94. The van der Waals surface area contributed by atoms with Gasteiger partial charge >= 0.3 is 0 Å². The van der Waals surface area contributed by atoms with Gasteiger partial charge in [-0.25, -0.2) is 5.01 Å². The van der Waals surface area contributed by atoms with E-state index in [0.29, 0.717) is 6.42 Å². The van der Waals surface area contributed by atoms with Crippen LogP contribution in [0.2, 0.25) is 0 Å². The Morgan fingerprint density at radius 2 is 1.68 bits per heavy atom. The van der Waals surface area contributed by atoms with Crippen molar-refractivity contribution in [2.45, 2.75) is 6.42 Å². The number of para-hydroxylation sites is 1. The molecule has 0 spiro atoms. The van der Waals surface area contributed by atoms with Gasteiger partial charge in [0, 0.05) is 4.47 Å². The zero-order valence-electron chi connectivity index (χ0n) is 10.1. The molecule has 0 aromatic heterocycles. The molecule has 0 fully saturated rings. The minimum atomic E-state index is 0.00381. The van der Waals surface area contributed by atoms with Gasteiger partial charge in [-0.05, 0) is 29.8 Å². The minimum Gasteiger partial charge on any atom is -0.272 e. The van der Waals surface area contributed by atoms with Crippen LogP contribution >= 0.6 is 15.9 Å². The second-order valence-corrected chi connectivity index (χ2v) is 5.19. The molecule has 3 nitrogen and oxygen atoms in total. The summed E-state index contributed by atoms with van der Waals surface area (Å²) in [5, 5.41) is 5.89. The monoisotopic (exact) mass is 314 g/mol. The van der Waals surface area contributed by atoms with Crippen LogP contribution in [0.15, 0.2) is 64.2 Å². The Kier molecular flexibility index (Phi) is 3.17. The van der Waals surface area contributed by atoms with Crippen molar-refractivity contribution >= 4 is 33.2 Å². The molecule has 94 valence electrons. The third-order valence-corrected chi connectivity index (χ3v) is 3.48. The lowest BCUT2D eigenvalue weighted by molar-refractivity contribution is -0.116. The standard InChI is InChI=1S/C15H11BrN2O/c16-12-8-6-11(7-9-12)14-10-15(19)18(17-14)13-4-2-1-3-5-13/h1-9H,10H2. The Balaban J connectivity index is 1.93. The van der Waals surface area contributed by atoms with E-state index in [4.69, 9.17) is 0 Å². The molecule has 0 aliphatic carbocycles. The minimum absolute atomic E-state index is 0.00381. The highest BCUT2D eigenvalue weighted by Gasteiger charge is 2.25. The molecule has 0 unspecified atom stereocenters. The van der Waals surface area contributed by atoms with Crippen molar-refractivity contribution in [3.8, 4) is 0 Å². The van der Waals surface area contributed by atoms with Crippen molar-refractivity contribution in [3.05, 3.63) is 64.6 Å². The maximum absolute atomic E-state index is 12.0. The summed E-state index contributed by atoms with van der Waals surface area (Å²) in [5.74, 6) is 0.00381. The third kappa shape index (κ3) is 2.44. The molecule has 1 aliphatic rings. The Labute approximate surface area is 119 Å². The van der Waals surface area contributed by atoms with Crippen molar-refractivity contribution < 1.29 is 4.79 Å². The van der Waals surface area contributed by atoms with E-state index in [9.17, 15) is 4.79 Å². The van der Waals surface area contributed by atoms with Crippen molar-refractivity contribution in [1.82, 2.24) is 0 Å². The molecule has 1 aliphatic heterocycles. The fourth-order valence-corrected chi connectivity index (χ4v) is 2.27. The molecule has 0 saturated carbocycles. The Morgan fingerprint density at radius 3 is 2.37 bits per heavy atom. The summed E-state index contributed by atoms with van der Waals surface area (Å²) < 4.78 is 1.01. The molecule has 1 heterocycles. The van der Waals surface area contributed by atoms with E-state index in [1.165, 1.54) is 5.01 Å². The largest absolute Gasteiger partial charge is 0.272 e. The van der Waals surface area contributed by atoms with Gasteiger partial charge in [0.25, 0.3) is 5.91 Å². The first kappa shape index (κ1) is 12.1. The predicted molar refractivity (Wildman–Crippen MR) is 79.2 cm³/mol. The van der Waals surface area contributed by atoms with E-state index in [2.05, 4.69) is 21.0 Å². The molecule has 19 heavy (non-hydrogen) atoms. The molecule has 2 aromatic carbocycles. The molecule has 3 rings (SSSR count). The van der Waals surface area contributed by atoms with Crippen LogP contribution in [0.3, 0.4) is 0 Å². The lowest BCUT2D eigenvalue weighted by Crippen LogP contribution is -2.19. The molecule has 4 heteroatoms. The normalized spacial score (nSPS) is 14.7. The van der Waals surface area contributed by atoms with Crippen LogP contribution in [0.25, 0.3) is 0 Å². The molecule has 1 amide bonds. The Morgan fingerprint density at radius 1 is 1.00 bits per heavy atom. The fourth-order valence-electron chi connectivity index (χ4n) is 2.00. The SMILES string of the molecule is O=C1CC(c2ccc(Br)cc2)=NN1c1ccccc1. The smallest absolute Gasteiger partial charge is 0.253 e. The summed E-state index contributed by atoms with van der Waals surface area (Å²) in [6.07, 6.45) is 0.344. The first-order valence-electron chi connectivity index (χ1n) is 5.95. The number of hydrazone groups is 1. The molecular weight excluding hydrogens is 304 g/mol. The van der Waals surface area contributed by atoms with Crippen LogP contribution in [0.5, 0.6) is 0 Å². The number of hydrogen-bond acceptors (Lipinski definition) is 2. The number of carbonyl (C=O) groups excluding carboxylic acids is 1. The average molecular weight is 315 g/mol. The maximum Gasteiger partial charge on any atom is 0.253 e. The molecule has 0 saturated heterocycles. The van der Waals surface area contributed by atoms with E-state index < -0.39 is 0 Å². The summed E-state index contributed by atoms with van der Waals surface area (Å²) in [7, 11) is 0. The highest BCUT2D eigenvalue weighted by molar-refractivity contribution is 9.10. The van der Waals surface area contributed by atoms with Crippen LogP contribution in [0.4, 0.5) is 5.69 Å². The van der Waals surface area contributed by atoms with E-state index in [1.54, 1.807) is 0 Å². The summed E-state index contributed by atoms with van der Waals surface area (Å²) in [5.41, 5.74) is 2.59. The van der Waals surface area contributed by atoms with Gasteiger partial charge < -0.3 is 0 Å². The molecule has 0 bridgehead atoms. The number of hydrogen-bond donors (Lipinski definition) is 0. The summed E-state index contributed by atoms with van der Waals surface area (Å²) >= 11 is 3.40.